The third-order valence-corrected chi connectivity index (χ3v) is 2.02. The molecule has 0 aliphatic heterocycles. The van der Waals surface area contributed by atoms with E-state index in [0.29, 0.717) is 0 Å². The van der Waals surface area contributed by atoms with Gasteiger partial charge in [0.2, 0.25) is 5.78 Å². The second-order valence-electron chi connectivity index (χ2n) is 3.03. The molecule has 0 saturated heterocycles. The molecule has 16 heavy (non-hydrogen) atoms. The van der Waals surface area contributed by atoms with Gasteiger partial charge < -0.3 is 0 Å². The molecule has 1 aromatic carbocycles. The van der Waals surface area contributed by atoms with Gasteiger partial charge in [0, 0.05) is 10.6 Å². The number of carbonyl (C=O) groups excluding carboxylic acids is 2. The fourth-order valence-electron chi connectivity index (χ4n) is 1.01. The fourth-order valence-corrected chi connectivity index (χ4v) is 1.20. The number of halogens is 4. The minimum Gasteiger partial charge on any atom is -0.294 e. The van der Waals surface area contributed by atoms with Crippen LogP contribution in [0.3, 0.4) is 0 Å². The van der Waals surface area contributed by atoms with Gasteiger partial charge in [0.1, 0.15) is 0 Å². The molecule has 0 saturated carbocycles. The van der Waals surface area contributed by atoms with E-state index in [4.69, 9.17) is 11.6 Å². The lowest BCUT2D eigenvalue weighted by atomic mass is 10.1. The van der Waals surface area contributed by atoms with Gasteiger partial charge in [-0.25, -0.2) is 0 Å². The van der Waals surface area contributed by atoms with Crippen molar-refractivity contribution in [2.75, 3.05) is 0 Å². The monoisotopic (exact) mass is 250 g/mol. The lowest BCUT2D eigenvalue weighted by Gasteiger charge is -2.04. The van der Waals surface area contributed by atoms with Gasteiger partial charge in [0.25, 0.3) is 0 Å². The number of ketones is 2. The molecule has 1 aromatic rings. The van der Waals surface area contributed by atoms with Crippen LogP contribution < -0.4 is 0 Å². The number of hydrogen-bond acceptors (Lipinski definition) is 2. The molecule has 0 unspecified atom stereocenters. The van der Waals surface area contributed by atoms with Gasteiger partial charge in [-0.15, -0.1) is 0 Å². The van der Waals surface area contributed by atoms with Gasteiger partial charge in [0.15, 0.2) is 5.78 Å². The molecule has 0 aliphatic rings. The highest BCUT2D eigenvalue weighted by atomic mass is 35.5. The highest BCUT2D eigenvalue weighted by molar-refractivity contribution is 6.31. The Balaban J connectivity index is 2.78. The van der Waals surface area contributed by atoms with E-state index in [1.165, 1.54) is 24.3 Å². The van der Waals surface area contributed by atoms with E-state index in [9.17, 15) is 22.8 Å². The standard InChI is InChI=1S/C10H6ClF3O2/c11-7-3-1-2-6(4-7)8(15)5-9(16)10(12,13)14/h1-4H,5H2. The minimum absolute atomic E-state index is 0.00917. The first-order chi connectivity index (χ1) is 7.30. The zero-order chi connectivity index (χ0) is 12.3. The Bertz CT molecular complexity index is 426. The Morgan fingerprint density at radius 2 is 1.88 bits per heavy atom. The lowest BCUT2D eigenvalue weighted by Crippen LogP contribution is -2.25. The van der Waals surface area contributed by atoms with Crippen molar-refractivity contribution in [1.29, 1.82) is 0 Å². The topological polar surface area (TPSA) is 34.1 Å². The van der Waals surface area contributed by atoms with Crippen molar-refractivity contribution in [1.82, 2.24) is 0 Å². The van der Waals surface area contributed by atoms with Crippen LogP contribution in [0.1, 0.15) is 16.8 Å². The summed E-state index contributed by atoms with van der Waals surface area (Å²) < 4.78 is 35.6. The van der Waals surface area contributed by atoms with E-state index in [1.54, 1.807) is 0 Å². The van der Waals surface area contributed by atoms with E-state index in [2.05, 4.69) is 0 Å². The van der Waals surface area contributed by atoms with Gasteiger partial charge in [-0.3, -0.25) is 9.59 Å². The molecule has 0 atom stereocenters. The van der Waals surface area contributed by atoms with E-state index in [1.807, 2.05) is 0 Å². The van der Waals surface area contributed by atoms with Gasteiger partial charge in [-0.05, 0) is 12.1 Å². The van der Waals surface area contributed by atoms with Crippen LogP contribution in [-0.4, -0.2) is 17.7 Å². The smallest absolute Gasteiger partial charge is 0.294 e. The van der Waals surface area contributed by atoms with E-state index < -0.39 is 24.2 Å². The van der Waals surface area contributed by atoms with Crippen LogP contribution in [0.4, 0.5) is 13.2 Å². The van der Waals surface area contributed by atoms with Crippen molar-refractivity contribution in [2.45, 2.75) is 12.6 Å². The molecule has 0 N–H and O–H groups in total. The van der Waals surface area contributed by atoms with Crippen molar-refractivity contribution in [3.8, 4) is 0 Å². The van der Waals surface area contributed by atoms with Crippen molar-refractivity contribution in [2.24, 2.45) is 0 Å². The van der Waals surface area contributed by atoms with E-state index >= 15 is 0 Å². The Hall–Kier alpha value is -1.36. The molecule has 86 valence electrons. The van der Waals surface area contributed by atoms with Gasteiger partial charge in [0.05, 0.1) is 6.42 Å². The molecule has 0 heterocycles. The third-order valence-electron chi connectivity index (χ3n) is 1.78. The van der Waals surface area contributed by atoms with Crippen LogP contribution in [0.15, 0.2) is 24.3 Å². The molecular formula is C10H6ClF3O2. The van der Waals surface area contributed by atoms with Crippen LogP contribution in [0.25, 0.3) is 0 Å². The molecule has 0 amide bonds. The normalized spacial score (nSPS) is 11.2. The molecule has 0 bridgehead atoms. The van der Waals surface area contributed by atoms with Crippen LogP contribution in [0.2, 0.25) is 5.02 Å². The molecule has 1 rings (SSSR count). The summed E-state index contributed by atoms with van der Waals surface area (Å²) >= 11 is 5.56. The first-order valence-electron chi connectivity index (χ1n) is 4.19. The van der Waals surface area contributed by atoms with Crippen LogP contribution in [-0.2, 0) is 4.79 Å². The maximum Gasteiger partial charge on any atom is 0.450 e. The Kier molecular flexibility index (Phi) is 3.70. The van der Waals surface area contributed by atoms with Crippen molar-refractivity contribution in [3.63, 3.8) is 0 Å². The van der Waals surface area contributed by atoms with Crippen LogP contribution in [0.5, 0.6) is 0 Å². The number of rotatable bonds is 3. The van der Waals surface area contributed by atoms with Gasteiger partial charge in [-0.1, -0.05) is 23.7 Å². The Morgan fingerprint density at radius 1 is 1.25 bits per heavy atom. The number of benzene rings is 1. The van der Waals surface area contributed by atoms with Crippen molar-refractivity contribution >= 4 is 23.2 Å². The largest absolute Gasteiger partial charge is 0.450 e. The SMILES string of the molecule is O=C(CC(=O)C(F)(F)F)c1cccc(Cl)c1. The van der Waals surface area contributed by atoms with Crippen LogP contribution >= 0.6 is 11.6 Å². The first-order valence-corrected chi connectivity index (χ1v) is 4.57. The summed E-state index contributed by atoms with van der Waals surface area (Å²) in [4.78, 5) is 21.8. The third kappa shape index (κ3) is 3.34. The van der Waals surface area contributed by atoms with Crippen molar-refractivity contribution < 1.29 is 22.8 Å². The minimum atomic E-state index is -4.98. The van der Waals surface area contributed by atoms with E-state index in [-0.39, 0.29) is 10.6 Å². The van der Waals surface area contributed by atoms with Crippen LogP contribution in [0, 0.1) is 0 Å². The maximum atomic E-state index is 11.9. The number of carbonyl (C=O) groups is 2. The predicted molar refractivity (Wildman–Crippen MR) is 51.5 cm³/mol. The van der Waals surface area contributed by atoms with Gasteiger partial charge >= 0.3 is 6.18 Å². The average Bonchev–Trinajstić information content (AvgIpc) is 2.16. The summed E-state index contributed by atoms with van der Waals surface area (Å²) in [6, 6.07) is 5.42. The summed E-state index contributed by atoms with van der Waals surface area (Å²) in [7, 11) is 0. The second-order valence-corrected chi connectivity index (χ2v) is 3.47. The Labute approximate surface area is 94.0 Å². The average molecular weight is 251 g/mol. The quantitative estimate of drug-likeness (QED) is 0.610. The summed E-state index contributed by atoms with van der Waals surface area (Å²) in [5, 5.41) is 0.227. The summed E-state index contributed by atoms with van der Waals surface area (Å²) in [6.45, 7) is 0. The zero-order valence-corrected chi connectivity index (χ0v) is 8.60. The molecule has 0 fully saturated rings. The van der Waals surface area contributed by atoms with E-state index in [0.717, 1.165) is 0 Å². The lowest BCUT2D eigenvalue weighted by molar-refractivity contribution is -0.170. The molecule has 0 radical (unpaired) electrons. The molecule has 2 nitrogen and oxygen atoms in total. The summed E-state index contributed by atoms with van der Waals surface area (Å²) in [6.07, 6.45) is -6.17. The van der Waals surface area contributed by atoms with Gasteiger partial charge in [-0.2, -0.15) is 13.2 Å². The van der Waals surface area contributed by atoms with Crippen molar-refractivity contribution in [3.05, 3.63) is 34.9 Å². The molecule has 0 spiro atoms. The predicted octanol–water partition coefficient (Wildman–Crippen LogP) is 3.04. The molecule has 6 heteroatoms. The fraction of sp³-hybridized carbons (Fsp3) is 0.200. The highest BCUT2D eigenvalue weighted by Crippen LogP contribution is 2.20. The number of hydrogen-bond donors (Lipinski definition) is 0. The number of alkyl halides is 3. The Morgan fingerprint density at radius 3 is 2.38 bits per heavy atom. The zero-order valence-electron chi connectivity index (χ0n) is 7.84. The second kappa shape index (κ2) is 4.65. The molecule has 0 aromatic heterocycles. The highest BCUT2D eigenvalue weighted by Gasteiger charge is 2.39. The molecule has 0 aliphatic carbocycles. The first kappa shape index (κ1) is 12.7. The summed E-state index contributed by atoms with van der Waals surface area (Å²) in [5.74, 6) is -2.96. The summed E-state index contributed by atoms with van der Waals surface area (Å²) in [5.41, 5.74) is -0.00917. The molecular weight excluding hydrogens is 245 g/mol. The number of Topliss-reactive ketones (excluding diaryl/α,β-unsaturated/α-hetero) is 2. The maximum absolute atomic E-state index is 11.9.